The highest BCUT2D eigenvalue weighted by molar-refractivity contribution is 5.85. The first-order valence-electron chi connectivity index (χ1n) is 10.5. The summed E-state index contributed by atoms with van der Waals surface area (Å²) in [5.41, 5.74) is 4.29. The van der Waals surface area contributed by atoms with Crippen molar-refractivity contribution in [2.24, 2.45) is 4.99 Å². The number of aryl methyl sites for hydroxylation is 1. The Bertz CT molecular complexity index is 989. The molecule has 0 aliphatic rings. The molecule has 0 aliphatic carbocycles. The number of aliphatic hydroxyl groups is 1. The Kier molecular flexibility index (Phi) is 6.73. The topological polar surface area (TPSA) is 52.8 Å². The maximum Gasteiger partial charge on any atom is 0.128 e. The van der Waals surface area contributed by atoms with Crippen LogP contribution >= 0.6 is 0 Å². The number of rotatable bonds is 6. The molecule has 2 atom stereocenters. The van der Waals surface area contributed by atoms with E-state index in [1.165, 1.54) is 0 Å². The number of aliphatic imine (C=N–C) groups is 1. The summed E-state index contributed by atoms with van der Waals surface area (Å²) in [6.07, 6.45) is 1.79. The molecule has 0 unspecified atom stereocenters. The van der Waals surface area contributed by atoms with Crippen LogP contribution in [0.2, 0.25) is 0 Å². The molecule has 0 spiro atoms. The SMILES string of the molecule is CCc1cc(C=N[C@H](c2ccccc2)[C@@H](O)c2ccccc2)c(O)c(C(C)(C)C)c1. The summed E-state index contributed by atoms with van der Waals surface area (Å²) >= 11 is 0. The Morgan fingerprint density at radius 1 is 0.900 bits per heavy atom. The Labute approximate surface area is 179 Å². The van der Waals surface area contributed by atoms with E-state index in [1.54, 1.807) is 6.21 Å². The van der Waals surface area contributed by atoms with E-state index in [2.05, 4.69) is 33.8 Å². The number of hydrogen-bond donors (Lipinski definition) is 2. The molecule has 0 aliphatic heterocycles. The standard InChI is InChI=1S/C27H31NO2/c1-5-19-16-22(25(29)23(17-19)27(2,3)4)18-28-24(20-12-8-6-9-13-20)26(30)21-14-10-7-11-15-21/h6-18,24,26,29-30H,5H2,1-4H3/t24-,26+/m1/s1. The van der Waals surface area contributed by atoms with Gasteiger partial charge in [0, 0.05) is 17.3 Å². The van der Waals surface area contributed by atoms with E-state index in [0.717, 1.165) is 28.7 Å². The largest absolute Gasteiger partial charge is 0.507 e. The Morgan fingerprint density at radius 3 is 2.00 bits per heavy atom. The van der Waals surface area contributed by atoms with E-state index in [-0.39, 0.29) is 11.2 Å². The smallest absolute Gasteiger partial charge is 0.128 e. The molecule has 3 rings (SSSR count). The summed E-state index contributed by atoms with van der Waals surface area (Å²) < 4.78 is 0. The van der Waals surface area contributed by atoms with Gasteiger partial charge in [0.05, 0.1) is 0 Å². The van der Waals surface area contributed by atoms with E-state index in [0.29, 0.717) is 5.56 Å². The van der Waals surface area contributed by atoms with Crippen molar-refractivity contribution in [3.05, 3.63) is 101 Å². The fraction of sp³-hybridized carbons (Fsp3) is 0.296. The van der Waals surface area contributed by atoms with Gasteiger partial charge in [-0.2, -0.15) is 0 Å². The summed E-state index contributed by atoms with van der Waals surface area (Å²) in [6, 6.07) is 22.9. The van der Waals surface area contributed by atoms with Crippen LogP contribution < -0.4 is 0 Å². The van der Waals surface area contributed by atoms with Crippen molar-refractivity contribution in [2.45, 2.75) is 51.7 Å². The minimum absolute atomic E-state index is 0.180. The van der Waals surface area contributed by atoms with E-state index in [9.17, 15) is 10.2 Å². The van der Waals surface area contributed by atoms with Crippen LogP contribution in [0.4, 0.5) is 0 Å². The molecule has 156 valence electrons. The average Bonchev–Trinajstić information content (AvgIpc) is 2.75. The zero-order valence-electron chi connectivity index (χ0n) is 18.2. The van der Waals surface area contributed by atoms with Crippen molar-refractivity contribution in [2.75, 3.05) is 0 Å². The van der Waals surface area contributed by atoms with Crippen molar-refractivity contribution in [1.29, 1.82) is 0 Å². The molecule has 0 radical (unpaired) electrons. The van der Waals surface area contributed by atoms with Crippen LogP contribution in [-0.4, -0.2) is 16.4 Å². The molecular formula is C27H31NO2. The lowest BCUT2D eigenvalue weighted by atomic mass is 9.84. The van der Waals surface area contributed by atoms with Gasteiger partial charge in [0.2, 0.25) is 0 Å². The third-order valence-electron chi connectivity index (χ3n) is 5.37. The van der Waals surface area contributed by atoms with E-state index < -0.39 is 12.1 Å². The van der Waals surface area contributed by atoms with Gasteiger partial charge >= 0.3 is 0 Å². The predicted molar refractivity (Wildman–Crippen MR) is 124 cm³/mol. The lowest BCUT2D eigenvalue weighted by Gasteiger charge is -2.23. The fourth-order valence-corrected chi connectivity index (χ4v) is 3.59. The van der Waals surface area contributed by atoms with Crippen LogP contribution in [0.25, 0.3) is 0 Å². The molecule has 3 aromatic carbocycles. The Morgan fingerprint density at radius 2 is 1.47 bits per heavy atom. The third-order valence-corrected chi connectivity index (χ3v) is 5.37. The van der Waals surface area contributed by atoms with E-state index in [1.807, 2.05) is 66.7 Å². The summed E-state index contributed by atoms with van der Waals surface area (Å²) in [5.74, 6) is 0.254. The summed E-state index contributed by atoms with van der Waals surface area (Å²) in [7, 11) is 0. The first-order chi connectivity index (χ1) is 14.3. The first-order valence-corrected chi connectivity index (χ1v) is 10.5. The van der Waals surface area contributed by atoms with Crippen molar-refractivity contribution in [3.63, 3.8) is 0 Å². The second kappa shape index (κ2) is 9.27. The highest BCUT2D eigenvalue weighted by atomic mass is 16.3. The summed E-state index contributed by atoms with van der Waals surface area (Å²) in [6.45, 7) is 8.38. The maximum absolute atomic E-state index is 11.1. The monoisotopic (exact) mass is 401 g/mol. The number of hydrogen-bond acceptors (Lipinski definition) is 3. The normalized spacial score (nSPS) is 14.0. The number of phenols is 1. The minimum atomic E-state index is -0.788. The third kappa shape index (κ3) is 4.98. The van der Waals surface area contributed by atoms with Gasteiger partial charge in [0.25, 0.3) is 0 Å². The Hall–Kier alpha value is -2.91. The van der Waals surface area contributed by atoms with Gasteiger partial charge < -0.3 is 10.2 Å². The van der Waals surface area contributed by atoms with Gasteiger partial charge in [-0.15, -0.1) is 0 Å². The molecule has 3 nitrogen and oxygen atoms in total. The Balaban J connectivity index is 2.05. The minimum Gasteiger partial charge on any atom is -0.507 e. The average molecular weight is 402 g/mol. The van der Waals surface area contributed by atoms with Crippen molar-refractivity contribution >= 4 is 6.21 Å². The molecule has 0 amide bonds. The van der Waals surface area contributed by atoms with Crippen molar-refractivity contribution in [1.82, 2.24) is 0 Å². The zero-order valence-corrected chi connectivity index (χ0v) is 18.2. The van der Waals surface area contributed by atoms with Gasteiger partial charge in [0.1, 0.15) is 17.9 Å². The molecular weight excluding hydrogens is 370 g/mol. The lowest BCUT2D eigenvalue weighted by Crippen LogP contribution is -2.13. The summed E-state index contributed by atoms with van der Waals surface area (Å²) in [4.78, 5) is 4.76. The molecule has 3 aromatic rings. The van der Waals surface area contributed by atoms with E-state index in [4.69, 9.17) is 4.99 Å². The molecule has 0 heterocycles. The fourth-order valence-electron chi connectivity index (χ4n) is 3.59. The maximum atomic E-state index is 11.1. The van der Waals surface area contributed by atoms with Gasteiger partial charge in [-0.05, 0) is 34.6 Å². The molecule has 0 aromatic heterocycles. The van der Waals surface area contributed by atoms with Crippen LogP contribution in [0.1, 0.15) is 67.7 Å². The molecule has 3 heteroatoms. The molecule has 0 fully saturated rings. The number of aromatic hydroxyl groups is 1. The quantitative estimate of drug-likeness (QED) is 0.487. The highest BCUT2D eigenvalue weighted by Gasteiger charge is 2.23. The first kappa shape index (κ1) is 21.8. The predicted octanol–water partition coefficient (Wildman–Crippen LogP) is 6.15. The number of aliphatic hydroxyl groups excluding tert-OH is 1. The molecule has 0 saturated carbocycles. The highest BCUT2D eigenvalue weighted by Crippen LogP contribution is 2.36. The molecule has 30 heavy (non-hydrogen) atoms. The molecule has 0 bridgehead atoms. The second-order valence-electron chi connectivity index (χ2n) is 8.67. The van der Waals surface area contributed by atoms with Gasteiger partial charge in [-0.3, -0.25) is 4.99 Å². The van der Waals surface area contributed by atoms with Crippen LogP contribution in [0.3, 0.4) is 0 Å². The second-order valence-corrected chi connectivity index (χ2v) is 8.67. The number of benzene rings is 3. The van der Waals surface area contributed by atoms with Crippen LogP contribution in [0.5, 0.6) is 5.75 Å². The number of phenolic OH excluding ortho intramolecular Hbond substituents is 1. The van der Waals surface area contributed by atoms with Gasteiger partial charge in [0.15, 0.2) is 0 Å². The summed E-state index contributed by atoms with van der Waals surface area (Å²) in [5, 5.41) is 22.0. The van der Waals surface area contributed by atoms with Gasteiger partial charge in [-0.25, -0.2) is 0 Å². The van der Waals surface area contributed by atoms with Crippen LogP contribution in [0.15, 0.2) is 77.8 Å². The number of nitrogens with zero attached hydrogens (tertiary/aromatic N) is 1. The van der Waals surface area contributed by atoms with Crippen LogP contribution in [0, 0.1) is 0 Å². The van der Waals surface area contributed by atoms with Crippen LogP contribution in [-0.2, 0) is 11.8 Å². The van der Waals surface area contributed by atoms with E-state index >= 15 is 0 Å². The lowest BCUT2D eigenvalue weighted by molar-refractivity contribution is 0.148. The van der Waals surface area contributed by atoms with Crippen molar-refractivity contribution in [3.8, 4) is 5.75 Å². The van der Waals surface area contributed by atoms with Gasteiger partial charge in [-0.1, -0.05) is 94.4 Å². The van der Waals surface area contributed by atoms with Crippen molar-refractivity contribution < 1.29 is 10.2 Å². The zero-order chi connectivity index (χ0) is 21.7. The molecule has 2 N–H and O–H groups in total. The molecule has 0 saturated heterocycles.